The number of hydrogen-bond donors (Lipinski definition) is 1. The minimum atomic E-state index is -0.361. The van der Waals surface area contributed by atoms with Gasteiger partial charge in [0, 0.05) is 12.1 Å². The summed E-state index contributed by atoms with van der Waals surface area (Å²) < 4.78 is 5.39. The van der Waals surface area contributed by atoms with E-state index in [1.54, 1.807) is 0 Å². The molecular weight excluding hydrogens is 202 g/mol. The van der Waals surface area contributed by atoms with Crippen molar-refractivity contribution in [3.05, 3.63) is 0 Å². The van der Waals surface area contributed by atoms with E-state index in [2.05, 4.69) is 19.0 Å². The van der Waals surface area contributed by atoms with Gasteiger partial charge in [0.25, 0.3) is 0 Å². The van der Waals surface area contributed by atoms with E-state index in [9.17, 15) is 5.11 Å². The van der Waals surface area contributed by atoms with Crippen LogP contribution in [0.15, 0.2) is 0 Å². The second-order valence-corrected chi connectivity index (χ2v) is 5.09. The molecule has 1 aliphatic carbocycles. The molecule has 1 saturated carbocycles. The van der Waals surface area contributed by atoms with Crippen LogP contribution in [0, 0.1) is 0 Å². The van der Waals surface area contributed by atoms with Gasteiger partial charge in [0.1, 0.15) is 0 Å². The van der Waals surface area contributed by atoms with Crippen molar-refractivity contribution < 1.29 is 9.84 Å². The lowest BCUT2D eigenvalue weighted by Gasteiger charge is -2.43. The summed E-state index contributed by atoms with van der Waals surface area (Å²) in [5.41, 5.74) is -0.0638. The van der Waals surface area contributed by atoms with E-state index in [1.165, 1.54) is 25.7 Å². The minimum Gasteiger partial charge on any atom is -0.389 e. The van der Waals surface area contributed by atoms with Crippen molar-refractivity contribution in [3.8, 4) is 0 Å². The largest absolute Gasteiger partial charge is 0.389 e. The third-order valence-electron chi connectivity index (χ3n) is 3.96. The molecule has 0 aromatic heterocycles. The molecule has 0 aliphatic heterocycles. The van der Waals surface area contributed by atoms with Gasteiger partial charge in [-0.15, -0.1) is 0 Å². The Bertz CT molecular complexity index is 186. The molecule has 1 atom stereocenters. The molecule has 96 valence electrons. The molecule has 1 N–H and O–H groups in total. The smallest absolute Gasteiger partial charge is 0.0956 e. The normalized spacial score (nSPS) is 23.1. The highest BCUT2D eigenvalue weighted by Gasteiger charge is 2.39. The van der Waals surface area contributed by atoms with Gasteiger partial charge in [-0.05, 0) is 33.9 Å². The summed E-state index contributed by atoms with van der Waals surface area (Å²) >= 11 is 0. The molecule has 0 amide bonds. The number of nitrogens with zero attached hydrogens (tertiary/aromatic N) is 1. The summed E-state index contributed by atoms with van der Waals surface area (Å²) in [6, 6.07) is 0. The van der Waals surface area contributed by atoms with Crippen molar-refractivity contribution in [2.45, 2.75) is 57.1 Å². The Morgan fingerprint density at radius 2 is 1.75 bits per heavy atom. The number of ether oxygens (including phenoxy) is 1. The van der Waals surface area contributed by atoms with Crippen LogP contribution >= 0.6 is 0 Å². The predicted molar refractivity (Wildman–Crippen MR) is 66.6 cm³/mol. The highest BCUT2D eigenvalue weighted by molar-refractivity contribution is 4.95. The van der Waals surface area contributed by atoms with E-state index in [1.807, 2.05) is 6.92 Å². The molecule has 0 radical (unpaired) electrons. The number of rotatable bonds is 5. The zero-order valence-electron chi connectivity index (χ0n) is 11.0. The van der Waals surface area contributed by atoms with Crippen LogP contribution in [-0.4, -0.2) is 49.0 Å². The topological polar surface area (TPSA) is 32.7 Å². The van der Waals surface area contributed by atoms with E-state index in [0.29, 0.717) is 13.2 Å². The summed E-state index contributed by atoms with van der Waals surface area (Å²) in [6.45, 7) is 3.12. The van der Waals surface area contributed by atoms with Crippen molar-refractivity contribution in [2.24, 2.45) is 0 Å². The third kappa shape index (κ3) is 3.19. The van der Waals surface area contributed by atoms with Crippen LogP contribution in [0.2, 0.25) is 0 Å². The van der Waals surface area contributed by atoms with Crippen LogP contribution in [0.3, 0.4) is 0 Å². The van der Waals surface area contributed by atoms with Gasteiger partial charge < -0.3 is 14.7 Å². The zero-order valence-corrected chi connectivity index (χ0v) is 11.0. The second kappa shape index (κ2) is 6.58. The van der Waals surface area contributed by atoms with E-state index in [-0.39, 0.29) is 11.6 Å². The first-order valence-electron chi connectivity index (χ1n) is 6.56. The van der Waals surface area contributed by atoms with Gasteiger partial charge in [-0.3, -0.25) is 0 Å². The Hall–Kier alpha value is -0.120. The standard InChI is InChI=1S/C13H27NO2/c1-4-16-11-12(15)13(14(2)3)9-7-5-6-8-10-13/h12,15H,4-11H2,1-3H3. The van der Waals surface area contributed by atoms with Crippen molar-refractivity contribution in [2.75, 3.05) is 27.3 Å². The molecule has 1 aliphatic rings. The highest BCUT2D eigenvalue weighted by atomic mass is 16.5. The first kappa shape index (κ1) is 13.9. The van der Waals surface area contributed by atoms with Crippen LogP contribution in [0.5, 0.6) is 0 Å². The van der Waals surface area contributed by atoms with E-state index >= 15 is 0 Å². The van der Waals surface area contributed by atoms with Gasteiger partial charge in [0.05, 0.1) is 12.7 Å². The highest BCUT2D eigenvalue weighted by Crippen LogP contribution is 2.34. The lowest BCUT2D eigenvalue weighted by molar-refractivity contribution is -0.0628. The van der Waals surface area contributed by atoms with E-state index in [4.69, 9.17) is 4.74 Å². The van der Waals surface area contributed by atoms with Crippen LogP contribution in [0.25, 0.3) is 0 Å². The molecule has 0 aromatic carbocycles. The quantitative estimate of drug-likeness (QED) is 0.732. The van der Waals surface area contributed by atoms with Crippen molar-refractivity contribution in [1.82, 2.24) is 4.90 Å². The van der Waals surface area contributed by atoms with Crippen LogP contribution in [0.1, 0.15) is 45.4 Å². The molecule has 0 saturated heterocycles. The number of aliphatic hydroxyl groups is 1. The second-order valence-electron chi connectivity index (χ2n) is 5.09. The summed E-state index contributed by atoms with van der Waals surface area (Å²) in [4.78, 5) is 2.21. The van der Waals surface area contributed by atoms with Gasteiger partial charge in [-0.1, -0.05) is 25.7 Å². The third-order valence-corrected chi connectivity index (χ3v) is 3.96. The fourth-order valence-electron chi connectivity index (χ4n) is 2.80. The monoisotopic (exact) mass is 229 g/mol. The van der Waals surface area contributed by atoms with E-state index < -0.39 is 0 Å². The molecule has 0 heterocycles. The molecule has 3 heteroatoms. The number of hydrogen-bond acceptors (Lipinski definition) is 3. The van der Waals surface area contributed by atoms with Gasteiger partial charge in [0.2, 0.25) is 0 Å². The maximum absolute atomic E-state index is 10.4. The molecule has 0 bridgehead atoms. The zero-order chi connectivity index (χ0) is 12.0. The maximum Gasteiger partial charge on any atom is 0.0956 e. The van der Waals surface area contributed by atoms with Crippen molar-refractivity contribution in [3.63, 3.8) is 0 Å². The summed E-state index contributed by atoms with van der Waals surface area (Å²) in [5, 5.41) is 10.4. The lowest BCUT2D eigenvalue weighted by Crippen LogP contribution is -2.55. The molecule has 3 nitrogen and oxygen atoms in total. The Morgan fingerprint density at radius 3 is 2.19 bits per heavy atom. The summed E-state index contributed by atoms with van der Waals surface area (Å²) in [5.74, 6) is 0. The molecule has 16 heavy (non-hydrogen) atoms. The molecule has 1 rings (SSSR count). The Morgan fingerprint density at radius 1 is 1.19 bits per heavy atom. The van der Waals surface area contributed by atoms with Crippen LogP contribution in [0.4, 0.5) is 0 Å². The van der Waals surface area contributed by atoms with Crippen molar-refractivity contribution in [1.29, 1.82) is 0 Å². The Labute approximate surface area is 99.8 Å². The average molecular weight is 229 g/mol. The summed E-state index contributed by atoms with van der Waals surface area (Å²) in [7, 11) is 4.17. The number of aliphatic hydroxyl groups excluding tert-OH is 1. The summed E-state index contributed by atoms with van der Waals surface area (Å²) in [6.07, 6.45) is 6.87. The lowest BCUT2D eigenvalue weighted by atomic mass is 9.83. The fraction of sp³-hybridized carbons (Fsp3) is 1.00. The van der Waals surface area contributed by atoms with Crippen LogP contribution in [-0.2, 0) is 4.74 Å². The molecule has 1 unspecified atom stereocenters. The Balaban J connectivity index is 2.68. The van der Waals surface area contributed by atoms with Gasteiger partial charge in [0.15, 0.2) is 0 Å². The Kier molecular flexibility index (Phi) is 5.73. The predicted octanol–water partition coefficient (Wildman–Crippen LogP) is 2.04. The molecule has 0 spiro atoms. The van der Waals surface area contributed by atoms with Gasteiger partial charge >= 0.3 is 0 Å². The van der Waals surface area contributed by atoms with Gasteiger partial charge in [-0.25, -0.2) is 0 Å². The van der Waals surface area contributed by atoms with Gasteiger partial charge in [-0.2, -0.15) is 0 Å². The average Bonchev–Trinajstić information content (AvgIpc) is 2.52. The van der Waals surface area contributed by atoms with E-state index in [0.717, 1.165) is 12.8 Å². The van der Waals surface area contributed by atoms with Crippen molar-refractivity contribution >= 4 is 0 Å². The van der Waals surface area contributed by atoms with Crippen LogP contribution < -0.4 is 0 Å². The number of likely N-dealkylation sites (N-methyl/N-ethyl adjacent to an activating group) is 1. The first-order valence-corrected chi connectivity index (χ1v) is 6.56. The molecular formula is C13H27NO2. The first-order chi connectivity index (χ1) is 7.63. The fourth-order valence-corrected chi connectivity index (χ4v) is 2.80. The maximum atomic E-state index is 10.4. The SMILES string of the molecule is CCOCC(O)C1(N(C)C)CCCCCC1. The molecule has 1 fully saturated rings. The molecule has 0 aromatic rings. The minimum absolute atomic E-state index is 0.0638.